The lowest BCUT2D eigenvalue weighted by atomic mass is 10.0. The molecule has 0 aliphatic carbocycles. The van der Waals surface area contributed by atoms with Crippen LogP contribution >= 0.6 is 12.4 Å². The number of rotatable bonds is 4. The third-order valence-corrected chi connectivity index (χ3v) is 2.82. The molecule has 0 atom stereocenters. The Hall–Kier alpha value is -1.07. The summed E-state index contributed by atoms with van der Waals surface area (Å²) in [6.45, 7) is 6.57. The Balaban J connectivity index is 0.00000144. The second-order valence-electron chi connectivity index (χ2n) is 4.24. The number of carbonyl (C=O) groups is 1. The average Bonchev–Trinajstić information content (AvgIpc) is 2.44. The Kier molecular flexibility index (Phi) is 4.96. The van der Waals surface area contributed by atoms with Crippen LogP contribution in [0, 0.1) is 12.8 Å². The molecule has 6 heteroatoms. The molecule has 1 aromatic rings. The first-order valence-electron chi connectivity index (χ1n) is 5.76. The van der Waals surface area contributed by atoms with E-state index in [2.05, 4.69) is 22.7 Å². The highest BCUT2D eigenvalue weighted by Crippen LogP contribution is 2.12. The Bertz CT molecular complexity index is 387. The molecular formula is C11H19ClN4O. The molecule has 1 aromatic heterocycles. The van der Waals surface area contributed by atoms with E-state index >= 15 is 0 Å². The van der Waals surface area contributed by atoms with Gasteiger partial charge < -0.3 is 10.6 Å². The van der Waals surface area contributed by atoms with Gasteiger partial charge in [-0.15, -0.1) is 12.4 Å². The van der Waals surface area contributed by atoms with Gasteiger partial charge in [0.2, 0.25) is 5.91 Å². The van der Waals surface area contributed by atoms with Crippen molar-refractivity contribution in [3.05, 3.63) is 11.8 Å². The van der Waals surface area contributed by atoms with Crippen LogP contribution in [0.1, 0.15) is 19.0 Å². The van der Waals surface area contributed by atoms with Gasteiger partial charge in [0, 0.05) is 31.4 Å². The summed E-state index contributed by atoms with van der Waals surface area (Å²) >= 11 is 0. The monoisotopic (exact) mass is 258 g/mol. The minimum absolute atomic E-state index is 0. The summed E-state index contributed by atoms with van der Waals surface area (Å²) in [5.74, 6) is 0.847. The molecule has 1 amide bonds. The maximum Gasteiger partial charge on any atom is 0.231 e. The maximum absolute atomic E-state index is 11.7. The summed E-state index contributed by atoms with van der Waals surface area (Å²) in [6, 6.07) is 1.92. The molecule has 2 rings (SSSR count). The van der Waals surface area contributed by atoms with Crippen molar-refractivity contribution in [2.24, 2.45) is 5.92 Å². The van der Waals surface area contributed by atoms with E-state index in [9.17, 15) is 4.79 Å². The topological polar surface area (TPSA) is 59.0 Å². The third kappa shape index (κ3) is 3.20. The van der Waals surface area contributed by atoms with E-state index in [-0.39, 0.29) is 24.2 Å². The van der Waals surface area contributed by atoms with Crippen molar-refractivity contribution in [3.63, 3.8) is 0 Å². The zero-order chi connectivity index (χ0) is 11.5. The lowest BCUT2D eigenvalue weighted by Gasteiger charge is -2.25. The van der Waals surface area contributed by atoms with E-state index in [0.717, 1.165) is 31.7 Å². The van der Waals surface area contributed by atoms with Gasteiger partial charge in [-0.2, -0.15) is 5.10 Å². The summed E-state index contributed by atoms with van der Waals surface area (Å²) in [5.41, 5.74) is 1.09. The molecule has 0 spiro atoms. The first-order valence-corrected chi connectivity index (χ1v) is 5.76. The first-order chi connectivity index (χ1) is 7.70. The zero-order valence-electron chi connectivity index (χ0n) is 10.2. The van der Waals surface area contributed by atoms with Crippen LogP contribution in [-0.2, 0) is 11.3 Å². The summed E-state index contributed by atoms with van der Waals surface area (Å²) in [7, 11) is 0. The molecule has 0 saturated carbocycles. The van der Waals surface area contributed by atoms with Crippen molar-refractivity contribution >= 4 is 24.1 Å². The van der Waals surface area contributed by atoms with Crippen molar-refractivity contribution in [2.45, 2.75) is 26.8 Å². The van der Waals surface area contributed by atoms with Crippen LogP contribution in [0.4, 0.5) is 5.82 Å². The fraction of sp³-hybridized carbons (Fsp3) is 0.636. The molecule has 17 heavy (non-hydrogen) atoms. The van der Waals surface area contributed by atoms with E-state index in [1.54, 1.807) is 0 Å². The highest BCUT2D eigenvalue weighted by Gasteiger charge is 2.25. The molecule has 2 heterocycles. The SMILES string of the molecule is CCCn1nc(NC(=O)C2CNC2)cc1C.Cl. The summed E-state index contributed by atoms with van der Waals surface area (Å²) in [5, 5.41) is 10.3. The predicted octanol–water partition coefficient (Wildman–Crippen LogP) is 1.18. The highest BCUT2D eigenvalue weighted by atomic mass is 35.5. The number of aryl methyl sites for hydroxylation is 2. The number of halogens is 1. The van der Waals surface area contributed by atoms with Crippen molar-refractivity contribution in [1.29, 1.82) is 0 Å². The zero-order valence-corrected chi connectivity index (χ0v) is 11.0. The Labute approximate surface area is 107 Å². The van der Waals surface area contributed by atoms with Crippen molar-refractivity contribution < 1.29 is 4.79 Å². The maximum atomic E-state index is 11.7. The second kappa shape index (κ2) is 6.02. The standard InChI is InChI=1S/C11H18N4O.ClH/c1-3-4-15-8(2)5-10(14-15)13-11(16)9-6-12-7-9;/h5,9,12H,3-4,6-7H2,1-2H3,(H,13,14,16);1H. The molecule has 0 unspecified atom stereocenters. The molecule has 0 bridgehead atoms. The van der Waals surface area contributed by atoms with E-state index < -0.39 is 0 Å². The number of carbonyl (C=O) groups excluding carboxylic acids is 1. The normalized spacial score (nSPS) is 14.9. The number of hydrogen-bond acceptors (Lipinski definition) is 3. The quantitative estimate of drug-likeness (QED) is 0.853. The minimum Gasteiger partial charge on any atom is -0.315 e. The van der Waals surface area contributed by atoms with Crippen LogP contribution in [0.3, 0.4) is 0 Å². The van der Waals surface area contributed by atoms with Crippen molar-refractivity contribution in [1.82, 2.24) is 15.1 Å². The molecule has 96 valence electrons. The van der Waals surface area contributed by atoms with Gasteiger partial charge in [-0.3, -0.25) is 9.48 Å². The Morgan fingerprint density at radius 2 is 2.35 bits per heavy atom. The minimum atomic E-state index is 0. The first kappa shape index (κ1) is 14.0. The van der Waals surface area contributed by atoms with Gasteiger partial charge in [0.25, 0.3) is 0 Å². The van der Waals surface area contributed by atoms with Crippen LogP contribution in [0.2, 0.25) is 0 Å². The number of nitrogens with zero attached hydrogens (tertiary/aromatic N) is 2. The third-order valence-electron chi connectivity index (χ3n) is 2.82. The lowest BCUT2D eigenvalue weighted by molar-refractivity contribution is -0.121. The molecule has 0 aromatic carbocycles. The second-order valence-corrected chi connectivity index (χ2v) is 4.24. The highest BCUT2D eigenvalue weighted by molar-refractivity contribution is 5.92. The Morgan fingerprint density at radius 1 is 1.65 bits per heavy atom. The molecule has 1 aliphatic rings. The molecular weight excluding hydrogens is 240 g/mol. The van der Waals surface area contributed by atoms with E-state index in [1.165, 1.54) is 0 Å². The number of aromatic nitrogens is 2. The van der Waals surface area contributed by atoms with Gasteiger partial charge in [0.05, 0.1) is 5.92 Å². The van der Waals surface area contributed by atoms with Gasteiger partial charge in [-0.05, 0) is 13.3 Å². The molecule has 1 aliphatic heterocycles. The van der Waals surface area contributed by atoms with E-state index in [1.807, 2.05) is 17.7 Å². The molecule has 1 saturated heterocycles. The molecule has 2 N–H and O–H groups in total. The van der Waals surface area contributed by atoms with Gasteiger partial charge >= 0.3 is 0 Å². The van der Waals surface area contributed by atoms with Crippen LogP contribution in [-0.4, -0.2) is 28.8 Å². The van der Waals surface area contributed by atoms with Crippen LogP contribution in [0.5, 0.6) is 0 Å². The van der Waals surface area contributed by atoms with Gasteiger partial charge in [-0.25, -0.2) is 0 Å². The Morgan fingerprint density at radius 3 is 2.88 bits per heavy atom. The number of amides is 1. The fourth-order valence-electron chi connectivity index (χ4n) is 1.71. The van der Waals surface area contributed by atoms with E-state index in [4.69, 9.17) is 0 Å². The predicted molar refractivity (Wildman–Crippen MR) is 69.5 cm³/mol. The van der Waals surface area contributed by atoms with E-state index in [0.29, 0.717) is 5.82 Å². The summed E-state index contributed by atoms with van der Waals surface area (Å²) < 4.78 is 1.93. The van der Waals surface area contributed by atoms with Crippen molar-refractivity contribution in [2.75, 3.05) is 18.4 Å². The fourth-order valence-corrected chi connectivity index (χ4v) is 1.71. The van der Waals surface area contributed by atoms with Crippen LogP contribution in [0.25, 0.3) is 0 Å². The van der Waals surface area contributed by atoms with Gasteiger partial charge in [0.1, 0.15) is 0 Å². The largest absolute Gasteiger partial charge is 0.315 e. The van der Waals surface area contributed by atoms with Crippen LogP contribution < -0.4 is 10.6 Å². The van der Waals surface area contributed by atoms with Crippen LogP contribution in [0.15, 0.2) is 6.07 Å². The van der Waals surface area contributed by atoms with Gasteiger partial charge in [-0.1, -0.05) is 6.92 Å². The summed E-state index contributed by atoms with van der Waals surface area (Å²) in [4.78, 5) is 11.7. The number of anilines is 1. The van der Waals surface area contributed by atoms with Crippen molar-refractivity contribution in [3.8, 4) is 0 Å². The molecule has 1 fully saturated rings. The van der Waals surface area contributed by atoms with Gasteiger partial charge in [0.15, 0.2) is 5.82 Å². The number of nitrogens with one attached hydrogen (secondary N) is 2. The smallest absolute Gasteiger partial charge is 0.231 e. The molecule has 5 nitrogen and oxygen atoms in total. The number of hydrogen-bond donors (Lipinski definition) is 2. The summed E-state index contributed by atoms with van der Waals surface area (Å²) in [6.07, 6.45) is 1.04. The molecule has 0 radical (unpaired) electrons. The lowest BCUT2D eigenvalue weighted by Crippen LogP contribution is -2.48. The average molecular weight is 259 g/mol.